The molecule has 1 unspecified atom stereocenters. The number of carbonyl (C=O) groups excluding carboxylic acids is 1. The summed E-state index contributed by atoms with van der Waals surface area (Å²) in [6, 6.07) is 6.55. The van der Waals surface area contributed by atoms with Crippen LogP contribution in [0.4, 0.5) is 4.39 Å². The first kappa shape index (κ1) is 10.1. The molecule has 15 heavy (non-hydrogen) atoms. The molecule has 1 saturated heterocycles. The van der Waals surface area contributed by atoms with E-state index in [4.69, 9.17) is 0 Å². The lowest BCUT2D eigenvalue weighted by molar-refractivity contribution is -0.120. The van der Waals surface area contributed by atoms with Crippen molar-refractivity contribution in [3.63, 3.8) is 0 Å². The fourth-order valence-corrected chi connectivity index (χ4v) is 1.96. The van der Waals surface area contributed by atoms with Crippen molar-refractivity contribution in [1.82, 2.24) is 5.32 Å². The van der Waals surface area contributed by atoms with E-state index < -0.39 is 0 Å². The Balaban J connectivity index is 2.09. The van der Waals surface area contributed by atoms with Crippen molar-refractivity contribution in [3.8, 4) is 0 Å². The van der Waals surface area contributed by atoms with Crippen LogP contribution in [0.25, 0.3) is 0 Å². The van der Waals surface area contributed by atoms with Crippen molar-refractivity contribution in [2.75, 3.05) is 6.54 Å². The number of benzene rings is 1. The van der Waals surface area contributed by atoms with E-state index in [1.165, 1.54) is 12.1 Å². The molecule has 1 aromatic rings. The number of hydrogen-bond acceptors (Lipinski definition) is 1. The molecule has 0 saturated carbocycles. The molecule has 0 radical (unpaired) electrons. The van der Waals surface area contributed by atoms with Gasteiger partial charge in [0.2, 0.25) is 5.91 Å². The Morgan fingerprint density at radius 3 is 2.73 bits per heavy atom. The molecule has 2 nitrogen and oxygen atoms in total. The SMILES string of the molecule is O=C1CCCC(c2ccc(F)cc2)CN1. The van der Waals surface area contributed by atoms with Gasteiger partial charge in [-0.3, -0.25) is 4.79 Å². The fourth-order valence-electron chi connectivity index (χ4n) is 1.96. The van der Waals surface area contributed by atoms with E-state index in [0.29, 0.717) is 18.9 Å². The second kappa shape index (κ2) is 4.43. The smallest absolute Gasteiger partial charge is 0.220 e. The Morgan fingerprint density at radius 2 is 2.00 bits per heavy atom. The van der Waals surface area contributed by atoms with Crippen molar-refractivity contribution in [1.29, 1.82) is 0 Å². The average Bonchev–Trinajstić information content (AvgIpc) is 2.44. The minimum atomic E-state index is -0.212. The highest BCUT2D eigenvalue weighted by atomic mass is 19.1. The molecule has 1 aliphatic rings. The lowest BCUT2D eigenvalue weighted by Gasteiger charge is -2.14. The van der Waals surface area contributed by atoms with Crippen molar-refractivity contribution >= 4 is 5.91 Å². The lowest BCUT2D eigenvalue weighted by Crippen LogP contribution is -2.24. The molecular weight excluding hydrogens is 193 g/mol. The normalized spacial score (nSPS) is 21.9. The van der Waals surface area contributed by atoms with Crippen LogP contribution in [-0.2, 0) is 4.79 Å². The van der Waals surface area contributed by atoms with Gasteiger partial charge in [-0.15, -0.1) is 0 Å². The summed E-state index contributed by atoms with van der Waals surface area (Å²) in [5.74, 6) is 0.244. The van der Waals surface area contributed by atoms with Gasteiger partial charge < -0.3 is 5.32 Å². The highest BCUT2D eigenvalue weighted by Crippen LogP contribution is 2.23. The van der Waals surface area contributed by atoms with Crippen LogP contribution >= 0.6 is 0 Å². The molecule has 1 fully saturated rings. The maximum atomic E-state index is 12.7. The van der Waals surface area contributed by atoms with Gasteiger partial charge in [0.1, 0.15) is 5.82 Å². The summed E-state index contributed by atoms with van der Waals surface area (Å²) in [5, 5.41) is 2.88. The molecule has 0 spiro atoms. The number of amides is 1. The van der Waals surface area contributed by atoms with Crippen LogP contribution in [0.5, 0.6) is 0 Å². The molecule has 2 rings (SSSR count). The molecule has 1 N–H and O–H groups in total. The molecule has 0 aliphatic carbocycles. The topological polar surface area (TPSA) is 29.1 Å². The van der Waals surface area contributed by atoms with E-state index in [0.717, 1.165) is 18.4 Å². The maximum absolute atomic E-state index is 12.7. The molecule has 80 valence electrons. The fraction of sp³-hybridized carbons (Fsp3) is 0.417. The zero-order valence-electron chi connectivity index (χ0n) is 8.50. The quantitative estimate of drug-likeness (QED) is 0.751. The number of halogens is 1. The standard InChI is InChI=1S/C12H14FNO/c13-11-6-4-9(5-7-11)10-2-1-3-12(15)14-8-10/h4-7,10H,1-3,8H2,(H,14,15). The molecule has 1 atom stereocenters. The number of carbonyl (C=O) groups is 1. The minimum Gasteiger partial charge on any atom is -0.355 e. The first-order chi connectivity index (χ1) is 7.25. The molecule has 0 aromatic heterocycles. The van der Waals surface area contributed by atoms with Crippen LogP contribution < -0.4 is 5.32 Å². The molecular formula is C12H14FNO. The second-order valence-corrected chi connectivity index (χ2v) is 3.94. The molecule has 1 heterocycles. The van der Waals surface area contributed by atoms with E-state index in [1.54, 1.807) is 12.1 Å². The molecule has 1 amide bonds. The Bertz CT molecular complexity index is 347. The van der Waals surface area contributed by atoms with Gasteiger partial charge in [0, 0.05) is 18.9 Å². The maximum Gasteiger partial charge on any atom is 0.220 e. The summed E-state index contributed by atoms with van der Waals surface area (Å²) >= 11 is 0. The van der Waals surface area contributed by atoms with Gasteiger partial charge in [-0.1, -0.05) is 12.1 Å². The predicted octanol–water partition coefficient (Wildman–Crippen LogP) is 2.21. The van der Waals surface area contributed by atoms with Crippen LogP contribution in [0, 0.1) is 5.82 Å². The van der Waals surface area contributed by atoms with E-state index in [1.807, 2.05) is 0 Å². The number of hydrogen-bond donors (Lipinski definition) is 1. The third kappa shape index (κ3) is 2.55. The number of nitrogens with one attached hydrogen (secondary N) is 1. The van der Waals surface area contributed by atoms with Crippen LogP contribution in [0.2, 0.25) is 0 Å². The zero-order chi connectivity index (χ0) is 10.7. The van der Waals surface area contributed by atoms with Crippen molar-refractivity contribution in [3.05, 3.63) is 35.6 Å². The third-order valence-corrected chi connectivity index (χ3v) is 2.84. The molecule has 3 heteroatoms. The first-order valence-corrected chi connectivity index (χ1v) is 5.28. The van der Waals surface area contributed by atoms with Crippen LogP contribution in [0.3, 0.4) is 0 Å². The predicted molar refractivity (Wildman–Crippen MR) is 56.0 cm³/mol. The van der Waals surface area contributed by atoms with Crippen molar-refractivity contribution < 1.29 is 9.18 Å². The van der Waals surface area contributed by atoms with E-state index in [9.17, 15) is 9.18 Å². The summed E-state index contributed by atoms with van der Waals surface area (Å²) in [7, 11) is 0. The van der Waals surface area contributed by atoms with Crippen LogP contribution in [-0.4, -0.2) is 12.5 Å². The summed E-state index contributed by atoms with van der Waals surface area (Å²) in [5.41, 5.74) is 1.11. The second-order valence-electron chi connectivity index (χ2n) is 3.94. The van der Waals surface area contributed by atoms with E-state index in [2.05, 4.69) is 5.32 Å². The molecule has 1 aliphatic heterocycles. The highest BCUT2D eigenvalue weighted by molar-refractivity contribution is 5.76. The summed E-state index contributed by atoms with van der Waals surface area (Å²) in [6.45, 7) is 0.671. The molecule has 0 bridgehead atoms. The summed E-state index contributed by atoms with van der Waals surface area (Å²) in [6.07, 6.45) is 2.51. The van der Waals surface area contributed by atoms with E-state index in [-0.39, 0.29) is 11.7 Å². The minimum absolute atomic E-state index is 0.125. The Morgan fingerprint density at radius 1 is 1.27 bits per heavy atom. The van der Waals surface area contributed by atoms with Gasteiger partial charge in [0.15, 0.2) is 0 Å². The van der Waals surface area contributed by atoms with Gasteiger partial charge >= 0.3 is 0 Å². The molecule has 1 aromatic carbocycles. The average molecular weight is 207 g/mol. The number of rotatable bonds is 1. The van der Waals surface area contributed by atoms with Gasteiger partial charge in [-0.2, -0.15) is 0 Å². The van der Waals surface area contributed by atoms with Crippen molar-refractivity contribution in [2.24, 2.45) is 0 Å². The van der Waals surface area contributed by atoms with Gasteiger partial charge in [-0.05, 0) is 30.5 Å². The van der Waals surface area contributed by atoms with Gasteiger partial charge in [0.05, 0.1) is 0 Å². The Hall–Kier alpha value is -1.38. The van der Waals surface area contributed by atoms with Gasteiger partial charge in [0.25, 0.3) is 0 Å². The lowest BCUT2D eigenvalue weighted by atomic mass is 9.95. The first-order valence-electron chi connectivity index (χ1n) is 5.28. The van der Waals surface area contributed by atoms with Crippen LogP contribution in [0.1, 0.15) is 30.7 Å². The summed E-state index contributed by atoms with van der Waals surface area (Å²) < 4.78 is 12.7. The largest absolute Gasteiger partial charge is 0.355 e. The zero-order valence-corrected chi connectivity index (χ0v) is 8.50. The highest BCUT2D eigenvalue weighted by Gasteiger charge is 2.17. The van der Waals surface area contributed by atoms with Crippen LogP contribution in [0.15, 0.2) is 24.3 Å². The third-order valence-electron chi connectivity index (χ3n) is 2.84. The van der Waals surface area contributed by atoms with Gasteiger partial charge in [-0.25, -0.2) is 4.39 Å². The monoisotopic (exact) mass is 207 g/mol. The Labute approximate surface area is 88.5 Å². The summed E-state index contributed by atoms with van der Waals surface area (Å²) in [4.78, 5) is 11.1. The van der Waals surface area contributed by atoms with E-state index >= 15 is 0 Å². The van der Waals surface area contributed by atoms with Crippen molar-refractivity contribution in [2.45, 2.75) is 25.2 Å². The Kier molecular flexibility index (Phi) is 2.99.